The third kappa shape index (κ3) is 3.44. The molecule has 1 N–H and O–H groups in total. The van der Waals surface area contributed by atoms with E-state index in [0.717, 1.165) is 41.1 Å². The molecule has 0 unspecified atom stereocenters. The van der Waals surface area contributed by atoms with E-state index in [1.807, 2.05) is 25.1 Å². The maximum absolute atomic E-state index is 13.6. The lowest BCUT2D eigenvalue weighted by atomic mass is 10.1. The third-order valence-corrected chi connectivity index (χ3v) is 3.70. The highest BCUT2D eigenvalue weighted by atomic mass is 19.1. The summed E-state index contributed by atoms with van der Waals surface area (Å²) in [6.45, 7) is 4.70. The number of hydrogen-bond acceptors (Lipinski definition) is 4. The molecule has 0 radical (unpaired) electrons. The first-order valence-corrected chi connectivity index (χ1v) is 7.83. The van der Waals surface area contributed by atoms with Crippen molar-refractivity contribution in [1.29, 1.82) is 0 Å². The molecule has 1 aromatic carbocycles. The van der Waals surface area contributed by atoms with Gasteiger partial charge in [0.25, 0.3) is 0 Å². The number of aryl methyl sites for hydroxylation is 2. The van der Waals surface area contributed by atoms with Gasteiger partial charge in [-0.15, -0.1) is 0 Å². The van der Waals surface area contributed by atoms with Crippen LogP contribution in [0.5, 0.6) is 0 Å². The zero-order valence-corrected chi connectivity index (χ0v) is 13.3. The molecular formula is C18H19FN4. The summed E-state index contributed by atoms with van der Waals surface area (Å²) in [7, 11) is 0. The van der Waals surface area contributed by atoms with Gasteiger partial charge in [0.15, 0.2) is 0 Å². The van der Waals surface area contributed by atoms with E-state index in [9.17, 15) is 4.39 Å². The Balaban J connectivity index is 1.80. The molecule has 0 aliphatic heterocycles. The summed E-state index contributed by atoms with van der Waals surface area (Å²) in [6.07, 6.45) is 3.38. The molecule has 3 rings (SSSR count). The molecule has 118 valence electrons. The first-order valence-electron chi connectivity index (χ1n) is 7.83. The first-order chi connectivity index (χ1) is 11.2. The maximum Gasteiger partial charge on any atom is 0.149 e. The zero-order chi connectivity index (χ0) is 16.2. The van der Waals surface area contributed by atoms with Gasteiger partial charge in [-0.05, 0) is 24.1 Å². The second-order valence-electron chi connectivity index (χ2n) is 5.38. The fraction of sp³-hybridized carbons (Fsp3) is 0.278. The normalized spacial score (nSPS) is 10.9. The van der Waals surface area contributed by atoms with Gasteiger partial charge >= 0.3 is 0 Å². The highest BCUT2D eigenvalue weighted by molar-refractivity contribution is 5.79. The average Bonchev–Trinajstić information content (AvgIpc) is 2.59. The molecule has 0 fully saturated rings. The molecule has 0 saturated heterocycles. The van der Waals surface area contributed by atoms with Gasteiger partial charge in [-0.1, -0.05) is 26.0 Å². The molecule has 3 aromatic rings. The lowest BCUT2D eigenvalue weighted by molar-refractivity contribution is 0.636. The Labute approximate surface area is 134 Å². The number of aromatic nitrogens is 3. The van der Waals surface area contributed by atoms with Crippen molar-refractivity contribution in [1.82, 2.24) is 15.0 Å². The molecule has 0 saturated carbocycles. The number of nitrogens with one attached hydrogen (secondary N) is 1. The van der Waals surface area contributed by atoms with Crippen LogP contribution >= 0.6 is 0 Å². The molecule has 5 heteroatoms. The molecule has 23 heavy (non-hydrogen) atoms. The predicted octanol–water partition coefficient (Wildman–Crippen LogP) is 3.90. The second-order valence-corrected chi connectivity index (χ2v) is 5.38. The predicted molar refractivity (Wildman–Crippen MR) is 89.8 cm³/mol. The molecule has 4 nitrogen and oxygen atoms in total. The summed E-state index contributed by atoms with van der Waals surface area (Å²) in [5.41, 5.74) is 2.41. The fourth-order valence-electron chi connectivity index (χ4n) is 2.44. The average molecular weight is 310 g/mol. The number of halogens is 1. The largest absolute Gasteiger partial charge is 0.366 e. The molecule has 2 aromatic heterocycles. The number of hydrogen-bond donors (Lipinski definition) is 1. The highest BCUT2D eigenvalue weighted by Gasteiger charge is 2.05. The minimum Gasteiger partial charge on any atom is -0.366 e. The Morgan fingerprint density at radius 2 is 1.96 bits per heavy atom. The maximum atomic E-state index is 13.6. The van der Waals surface area contributed by atoms with E-state index < -0.39 is 0 Å². The zero-order valence-electron chi connectivity index (χ0n) is 13.3. The summed E-state index contributed by atoms with van der Waals surface area (Å²) < 4.78 is 13.6. The number of rotatable bonds is 5. The van der Waals surface area contributed by atoms with Gasteiger partial charge in [0.1, 0.15) is 23.0 Å². The SMILES string of the molecule is CCc1cc(NCc2cnc3c(F)cccc3c2)nc(CC)n1. The number of benzene rings is 1. The molecule has 0 aliphatic carbocycles. The Hall–Kier alpha value is -2.56. The van der Waals surface area contributed by atoms with Gasteiger partial charge in [-0.3, -0.25) is 4.98 Å². The molecular weight excluding hydrogens is 291 g/mol. The van der Waals surface area contributed by atoms with E-state index in [1.54, 1.807) is 12.3 Å². The van der Waals surface area contributed by atoms with Crippen molar-refractivity contribution in [2.75, 3.05) is 5.32 Å². The van der Waals surface area contributed by atoms with Crippen LogP contribution in [-0.2, 0) is 19.4 Å². The van der Waals surface area contributed by atoms with Crippen molar-refractivity contribution in [2.24, 2.45) is 0 Å². The van der Waals surface area contributed by atoms with Gasteiger partial charge in [0.2, 0.25) is 0 Å². The van der Waals surface area contributed by atoms with E-state index in [0.29, 0.717) is 12.1 Å². The smallest absolute Gasteiger partial charge is 0.149 e. The Bertz CT molecular complexity index is 810. The molecule has 0 bridgehead atoms. The third-order valence-electron chi connectivity index (χ3n) is 3.70. The fourth-order valence-corrected chi connectivity index (χ4v) is 2.44. The Morgan fingerprint density at radius 3 is 2.74 bits per heavy atom. The summed E-state index contributed by atoms with van der Waals surface area (Å²) in [5, 5.41) is 4.11. The van der Waals surface area contributed by atoms with Gasteiger partial charge < -0.3 is 5.32 Å². The number of pyridine rings is 1. The second kappa shape index (κ2) is 6.69. The lowest BCUT2D eigenvalue weighted by Crippen LogP contribution is -2.06. The van der Waals surface area contributed by atoms with Crippen LogP contribution in [0, 0.1) is 5.82 Å². The van der Waals surface area contributed by atoms with E-state index in [-0.39, 0.29) is 5.82 Å². The van der Waals surface area contributed by atoms with Crippen LogP contribution in [0.4, 0.5) is 10.2 Å². The first kappa shape index (κ1) is 15.3. The standard InChI is InChI=1S/C18H19FN4/c1-3-14-9-17(23-16(4-2)22-14)20-10-12-8-13-6-5-7-15(19)18(13)21-11-12/h5-9,11H,3-4,10H2,1-2H3,(H,20,22,23). The quantitative estimate of drug-likeness (QED) is 0.776. The number of para-hydroxylation sites is 1. The van der Waals surface area contributed by atoms with Gasteiger partial charge in [0, 0.05) is 36.3 Å². The van der Waals surface area contributed by atoms with Crippen LogP contribution in [0.25, 0.3) is 10.9 Å². The van der Waals surface area contributed by atoms with Crippen molar-refractivity contribution >= 4 is 16.7 Å². The monoisotopic (exact) mass is 310 g/mol. The lowest BCUT2D eigenvalue weighted by Gasteiger charge is -2.09. The van der Waals surface area contributed by atoms with Crippen molar-refractivity contribution in [3.63, 3.8) is 0 Å². The van der Waals surface area contributed by atoms with E-state index in [2.05, 4.69) is 27.2 Å². The van der Waals surface area contributed by atoms with Gasteiger partial charge in [-0.2, -0.15) is 0 Å². The summed E-state index contributed by atoms with van der Waals surface area (Å²) in [6, 6.07) is 8.90. The summed E-state index contributed by atoms with van der Waals surface area (Å²) >= 11 is 0. The molecule has 0 aliphatic rings. The molecule has 0 spiro atoms. The van der Waals surface area contributed by atoms with E-state index in [1.165, 1.54) is 6.07 Å². The van der Waals surface area contributed by atoms with Crippen LogP contribution in [-0.4, -0.2) is 15.0 Å². The highest BCUT2D eigenvalue weighted by Crippen LogP contribution is 2.17. The minimum atomic E-state index is -0.294. The minimum absolute atomic E-state index is 0.294. The van der Waals surface area contributed by atoms with E-state index in [4.69, 9.17) is 0 Å². The van der Waals surface area contributed by atoms with Crippen LogP contribution in [0.15, 0.2) is 36.5 Å². The van der Waals surface area contributed by atoms with Crippen LogP contribution in [0.2, 0.25) is 0 Å². The van der Waals surface area contributed by atoms with Crippen LogP contribution in [0.3, 0.4) is 0 Å². The van der Waals surface area contributed by atoms with Crippen molar-refractivity contribution in [2.45, 2.75) is 33.2 Å². The van der Waals surface area contributed by atoms with E-state index >= 15 is 0 Å². The van der Waals surface area contributed by atoms with Crippen molar-refractivity contribution < 1.29 is 4.39 Å². The van der Waals surface area contributed by atoms with Crippen molar-refractivity contribution in [3.8, 4) is 0 Å². The van der Waals surface area contributed by atoms with Gasteiger partial charge in [-0.25, -0.2) is 14.4 Å². The number of fused-ring (bicyclic) bond motifs is 1. The van der Waals surface area contributed by atoms with Crippen LogP contribution < -0.4 is 5.32 Å². The number of anilines is 1. The Kier molecular flexibility index (Phi) is 4.46. The Morgan fingerprint density at radius 1 is 1.09 bits per heavy atom. The molecule has 2 heterocycles. The molecule has 0 amide bonds. The van der Waals surface area contributed by atoms with Gasteiger partial charge in [0.05, 0.1) is 0 Å². The summed E-state index contributed by atoms with van der Waals surface area (Å²) in [4.78, 5) is 13.2. The van der Waals surface area contributed by atoms with Crippen molar-refractivity contribution in [3.05, 3.63) is 59.4 Å². The molecule has 0 atom stereocenters. The van der Waals surface area contributed by atoms with Crippen LogP contribution in [0.1, 0.15) is 30.9 Å². The number of nitrogens with zero attached hydrogens (tertiary/aromatic N) is 3. The topological polar surface area (TPSA) is 50.7 Å². The summed E-state index contributed by atoms with van der Waals surface area (Å²) in [5.74, 6) is 1.36.